The van der Waals surface area contributed by atoms with Crippen molar-refractivity contribution in [2.75, 3.05) is 6.54 Å². The molecular formula is C25H31N3O. The van der Waals surface area contributed by atoms with Crippen molar-refractivity contribution in [1.82, 2.24) is 15.6 Å². The molecule has 1 aliphatic carbocycles. The van der Waals surface area contributed by atoms with Crippen LogP contribution in [-0.2, 0) is 4.79 Å². The predicted molar refractivity (Wildman–Crippen MR) is 119 cm³/mol. The number of H-pyrrole nitrogens is 1. The fourth-order valence-electron chi connectivity index (χ4n) is 4.44. The van der Waals surface area contributed by atoms with Gasteiger partial charge in [0.1, 0.15) is 0 Å². The molecule has 1 aliphatic rings. The van der Waals surface area contributed by atoms with Crippen LogP contribution in [0, 0.1) is 0 Å². The number of fused-ring (bicyclic) bond motifs is 1. The third kappa shape index (κ3) is 4.70. The van der Waals surface area contributed by atoms with Crippen LogP contribution in [0.1, 0.15) is 56.1 Å². The highest BCUT2D eigenvalue weighted by molar-refractivity contribution is 5.84. The first kappa shape index (κ1) is 19.7. The molecule has 0 saturated heterocycles. The predicted octanol–water partition coefficient (Wildman–Crippen LogP) is 4.73. The Bertz CT molecular complexity index is 927. The van der Waals surface area contributed by atoms with Gasteiger partial charge in [-0.3, -0.25) is 4.79 Å². The van der Waals surface area contributed by atoms with Crippen LogP contribution in [0.5, 0.6) is 0 Å². The number of carbonyl (C=O) groups excluding carboxylic acids is 1. The van der Waals surface area contributed by atoms with E-state index >= 15 is 0 Å². The van der Waals surface area contributed by atoms with E-state index in [1.54, 1.807) is 0 Å². The lowest BCUT2D eigenvalue weighted by molar-refractivity contribution is -0.123. The van der Waals surface area contributed by atoms with Crippen LogP contribution in [0.3, 0.4) is 0 Å². The quantitative estimate of drug-likeness (QED) is 0.547. The molecule has 152 valence electrons. The summed E-state index contributed by atoms with van der Waals surface area (Å²) in [6.45, 7) is 2.68. The van der Waals surface area contributed by atoms with E-state index in [-0.39, 0.29) is 17.9 Å². The zero-order valence-electron chi connectivity index (χ0n) is 17.2. The maximum absolute atomic E-state index is 12.7. The summed E-state index contributed by atoms with van der Waals surface area (Å²) in [5.74, 6) is 0.292. The Labute approximate surface area is 173 Å². The normalized spacial score (nSPS) is 17.1. The van der Waals surface area contributed by atoms with Crippen LogP contribution in [0.4, 0.5) is 0 Å². The molecule has 2 aromatic carbocycles. The van der Waals surface area contributed by atoms with E-state index < -0.39 is 0 Å². The zero-order valence-corrected chi connectivity index (χ0v) is 17.2. The lowest BCUT2D eigenvalue weighted by Crippen LogP contribution is -2.47. The van der Waals surface area contributed by atoms with Gasteiger partial charge in [-0.15, -0.1) is 0 Å². The second kappa shape index (κ2) is 9.27. The first-order chi connectivity index (χ1) is 14.2. The fourth-order valence-corrected chi connectivity index (χ4v) is 4.44. The topological polar surface area (TPSA) is 56.9 Å². The molecule has 0 bridgehead atoms. The van der Waals surface area contributed by atoms with E-state index in [1.165, 1.54) is 35.8 Å². The maximum Gasteiger partial charge on any atom is 0.237 e. The monoisotopic (exact) mass is 389 g/mol. The van der Waals surface area contributed by atoms with Gasteiger partial charge < -0.3 is 15.6 Å². The van der Waals surface area contributed by atoms with Crippen LogP contribution >= 0.6 is 0 Å². The summed E-state index contributed by atoms with van der Waals surface area (Å²) in [6, 6.07) is 19.1. The number of carbonyl (C=O) groups is 1. The highest BCUT2D eigenvalue weighted by atomic mass is 16.2. The highest BCUT2D eigenvalue weighted by Gasteiger charge is 2.22. The Kier molecular flexibility index (Phi) is 6.30. The van der Waals surface area contributed by atoms with Crippen molar-refractivity contribution in [2.24, 2.45) is 0 Å². The van der Waals surface area contributed by atoms with E-state index in [4.69, 9.17) is 0 Å². The molecule has 3 aromatic rings. The third-order valence-corrected chi connectivity index (χ3v) is 6.17. The van der Waals surface area contributed by atoms with Crippen molar-refractivity contribution < 1.29 is 4.79 Å². The van der Waals surface area contributed by atoms with Crippen LogP contribution in [0.15, 0.2) is 60.8 Å². The lowest BCUT2D eigenvalue weighted by atomic mass is 9.90. The molecule has 4 rings (SSSR count). The highest BCUT2D eigenvalue weighted by Crippen LogP contribution is 2.30. The van der Waals surface area contributed by atoms with Gasteiger partial charge >= 0.3 is 0 Å². The van der Waals surface area contributed by atoms with Crippen molar-refractivity contribution in [3.05, 3.63) is 71.9 Å². The van der Waals surface area contributed by atoms with E-state index in [1.807, 2.05) is 13.0 Å². The van der Waals surface area contributed by atoms with Crippen molar-refractivity contribution in [2.45, 2.75) is 57.0 Å². The summed E-state index contributed by atoms with van der Waals surface area (Å²) in [5.41, 5.74) is 3.66. The molecule has 2 atom stereocenters. The van der Waals surface area contributed by atoms with Gasteiger partial charge in [0, 0.05) is 35.6 Å². The smallest absolute Gasteiger partial charge is 0.237 e. The van der Waals surface area contributed by atoms with Gasteiger partial charge in [-0.1, -0.05) is 67.8 Å². The molecule has 29 heavy (non-hydrogen) atoms. The van der Waals surface area contributed by atoms with Crippen molar-refractivity contribution >= 4 is 16.8 Å². The molecule has 0 spiro atoms. The Balaban J connectivity index is 1.48. The first-order valence-electron chi connectivity index (χ1n) is 10.9. The molecule has 1 fully saturated rings. The number of nitrogens with one attached hydrogen (secondary N) is 3. The standard InChI is InChI=1S/C25H31N3O/c1-18(25(29)28-20-12-6-3-7-13-20)26-16-22(19-10-4-2-5-11-19)23-17-27-24-15-9-8-14-21(23)24/h2,4-5,8-11,14-15,17-18,20,22,26-27H,3,6-7,12-13,16H2,1H3,(H,28,29)/t18-,22+/m0/s1. The number of aromatic nitrogens is 1. The van der Waals surface area contributed by atoms with Crippen LogP contribution in [0.2, 0.25) is 0 Å². The summed E-state index contributed by atoms with van der Waals surface area (Å²) in [7, 11) is 0. The van der Waals surface area contributed by atoms with Gasteiger partial charge in [0.25, 0.3) is 0 Å². The molecule has 3 N–H and O–H groups in total. The summed E-state index contributed by atoms with van der Waals surface area (Å²) in [5, 5.41) is 7.97. The first-order valence-corrected chi connectivity index (χ1v) is 10.9. The minimum atomic E-state index is -0.214. The Morgan fingerprint density at radius 3 is 2.55 bits per heavy atom. The zero-order chi connectivity index (χ0) is 20.1. The Morgan fingerprint density at radius 2 is 1.76 bits per heavy atom. The lowest BCUT2D eigenvalue weighted by Gasteiger charge is -2.26. The largest absolute Gasteiger partial charge is 0.361 e. The maximum atomic E-state index is 12.7. The van der Waals surface area contributed by atoms with E-state index in [2.05, 4.69) is 70.3 Å². The van der Waals surface area contributed by atoms with E-state index in [0.29, 0.717) is 12.6 Å². The van der Waals surface area contributed by atoms with Gasteiger partial charge in [0.15, 0.2) is 0 Å². The van der Waals surface area contributed by atoms with Gasteiger partial charge in [-0.05, 0) is 37.0 Å². The number of aromatic amines is 1. The van der Waals surface area contributed by atoms with Gasteiger partial charge in [0.2, 0.25) is 5.91 Å². The molecule has 0 radical (unpaired) electrons. The molecule has 1 saturated carbocycles. The summed E-state index contributed by atoms with van der Waals surface area (Å²) < 4.78 is 0. The second-order valence-corrected chi connectivity index (χ2v) is 8.23. The van der Waals surface area contributed by atoms with Gasteiger partial charge in [-0.2, -0.15) is 0 Å². The van der Waals surface area contributed by atoms with Gasteiger partial charge in [0.05, 0.1) is 6.04 Å². The molecule has 1 amide bonds. The van der Waals surface area contributed by atoms with Crippen molar-refractivity contribution in [3.8, 4) is 0 Å². The van der Waals surface area contributed by atoms with Crippen LogP contribution in [0.25, 0.3) is 10.9 Å². The van der Waals surface area contributed by atoms with Crippen LogP contribution < -0.4 is 10.6 Å². The number of para-hydroxylation sites is 1. The third-order valence-electron chi connectivity index (χ3n) is 6.17. The van der Waals surface area contributed by atoms with Crippen LogP contribution in [-0.4, -0.2) is 29.5 Å². The average Bonchev–Trinajstić information content (AvgIpc) is 3.19. The summed E-state index contributed by atoms with van der Waals surface area (Å²) in [4.78, 5) is 16.1. The summed E-state index contributed by atoms with van der Waals surface area (Å²) in [6.07, 6.45) is 8.08. The number of amides is 1. The number of hydrogen-bond acceptors (Lipinski definition) is 2. The fraction of sp³-hybridized carbons (Fsp3) is 0.400. The second-order valence-electron chi connectivity index (χ2n) is 8.23. The molecule has 4 nitrogen and oxygen atoms in total. The molecular weight excluding hydrogens is 358 g/mol. The Hall–Kier alpha value is -2.59. The average molecular weight is 390 g/mol. The molecule has 1 aromatic heterocycles. The number of hydrogen-bond donors (Lipinski definition) is 3. The van der Waals surface area contributed by atoms with E-state index in [0.717, 1.165) is 18.4 Å². The number of benzene rings is 2. The van der Waals surface area contributed by atoms with Crippen molar-refractivity contribution in [1.29, 1.82) is 0 Å². The SMILES string of the molecule is C[C@H](NC[C@H](c1ccccc1)c1c[nH]c2ccccc12)C(=O)NC1CCCCC1. The number of rotatable bonds is 7. The minimum absolute atomic E-state index is 0.114. The molecule has 1 heterocycles. The van der Waals surface area contributed by atoms with Crippen molar-refractivity contribution in [3.63, 3.8) is 0 Å². The van der Waals surface area contributed by atoms with E-state index in [9.17, 15) is 4.79 Å². The molecule has 0 aliphatic heterocycles. The molecule has 0 unspecified atom stereocenters. The van der Waals surface area contributed by atoms with Gasteiger partial charge in [-0.25, -0.2) is 0 Å². The summed E-state index contributed by atoms with van der Waals surface area (Å²) >= 11 is 0. The Morgan fingerprint density at radius 1 is 1.03 bits per heavy atom. The molecule has 4 heteroatoms. The minimum Gasteiger partial charge on any atom is -0.361 e.